The number of aliphatic imine (C=N–C) groups is 1. The highest BCUT2D eigenvalue weighted by Crippen LogP contribution is 2.22. The molecule has 1 heterocycles. The summed E-state index contributed by atoms with van der Waals surface area (Å²) in [5, 5.41) is 8.03. The molecule has 0 aliphatic carbocycles. The molecule has 1 aromatic heterocycles. The van der Waals surface area contributed by atoms with Gasteiger partial charge in [-0.15, -0.1) is 0 Å². The summed E-state index contributed by atoms with van der Waals surface area (Å²) < 4.78 is 24.8. The van der Waals surface area contributed by atoms with Gasteiger partial charge in [0.15, 0.2) is 0 Å². The zero-order chi connectivity index (χ0) is 21.0. The second kappa shape index (κ2) is 12.6. The number of hydrogen-bond donors (Lipinski definition) is 1. The van der Waals surface area contributed by atoms with Crippen molar-refractivity contribution in [1.29, 1.82) is 5.41 Å². The quantitative estimate of drug-likeness (QED) is 0.175. The molecule has 0 radical (unpaired) electrons. The van der Waals surface area contributed by atoms with E-state index in [1.165, 1.54) is 13.3 Å². The van der Waals surface area contributed by atoms with E-state index in [4.69, 9.17) is 14.9 Å². The maximum atomic E-state index is 13.5. The third kappa shape index (κ3) is 11.1. The molecule has 0 aliphatic rings. The summed E-state index contributed by atoms with van der Waals surface area (Å²) in [6, 6.07) is 4.60. The molecule has 28 heavy (non-hydrogen) atoms. The maximum Gasteiger partial charge on any atom is 0.310 e. The van der Waals surface area contributed by atoms with Crippen LogP contribution in [-0.4, -0.2) is 56.4 Å². The fourth-order valence-corrected chi connectivity index (χ4v) is 3.21. The van der Waals surface area contributed by atoms with Gasteiger partial charge in [-0.2, -0.15) is 4.99 Å². The Hall–Kier alpha value is -1.80. The lowest BCUT2D eigenvalue weighted by molar-refractivity contribution is 0.0660. The molecule has 2 unspecified atom stereocenters. The zero-order valence-corrected chi connectivity index (χ0v) is 18.8. The van der Waals surface area contributed by atoms with Gasteiger partial charge in [0.1, 0.15) is 19.0 Å². The van der Waals surface area contributed by atoms with Gasteiger partial charge in [-0.1, -0.05) is 33.0 Å². The normalized spacial score (nSPS) is 14.1. The summed E-state index contributed by atoms with van der Waals surface area (Å²) in [6.45, 7) is 11.5. The van der Waals surface area contributed by atoms with Crippen molar-refractivity contribution in [2.75, 3.05) is 19.9 Å². The van der Waals surface area contributed by atoms with Crippen LogP contribution in [0.4, 0.5) is 4.39 Å². The first-order chi connectivity index (χ1) is 13.2. The largest absolute Gasteiger partial charge is 0.456 e. The molecule has 8 heteroatoms. The van der Waals surface area contributed by atoms with Gasteiger partial charge < -0.3 is 14.4 Å². The molecule has 0 amide bonds. The van der Waals surface area contributed by atoms with Crippen molar-refractivity contribution in [3.63, 3.8) is 0 Å². The molecule has 0 spiro atoms. The Bertz CT molecular complexity index is 594. The Morgan fingerprint density at radius 2 is 2.04 bits per heavy atom. The molecular weight excluding hydrogens is 375 g/mol. The molecule has 0 fully saturated rings. The zero-order valence-electron chi connectivity index (χ0n) is 17.8. The number of alkyl halides is 1. The highest BCUT2D eigenvalue weighted by atomic mass is 28.3. The molecule has 1 N–H and O–H groups in total. The number of rotatable bonds is 12. The van der Waals surface area contributed by atoms with Gasteiger partial charge in [0.2, 0.25) is 0 Å². The monoisotopic (exact) mass is 410 g/mol. The fourth-order valence-electron chi connectivity index (χ4n) is 2.45. The summed E-state index contributed by atoms with van der Waals surface area (Å²) in [5.74, 6) is 0. The summed E-state index contributed by atoms with van der Waals surface area (Å²) in [6.07, 6.45) is 5.26. The average molecular weight is 411 g/mol. The number of amidine groups is 1. The van der Waals surface area contributed by atoms with Crippen molar-refractivity contribution in [2.24, 2.45) is 4.99 Å². The van der Waals surface area contributed by atoms with E-state index < -0.39 is 14.2 Å². The van der Waals surface area contributed by atoms with Crippen molar-refractivity contribution < 1.29 is 13.9 Å². The first-order valence-corrected chi connectivity index (χ1v) is 13.6. The predicted octanol–water partition coefficient (Wildman–Crippen LogP) is 4.87. The van der Waals surface area contributed by atoms with E-state index in [2.05, 4.69) is 36.5 Å². The first kappa shape index (κ1) is 24.2. The SMILES string of the molecule is CCCC(OC(=N)N=CN(COCC[Si](C)(C)C)CC(C)F)c1ccncc1. The number of nitrogens with one attached hydrogen (secondary N) is 1. The molecule has 0 aromatic carbocycles. The van der Waals surface area contributed by atoms with E-state index in [0.29, 0.717) is 6.61 Å². The lowest BCUT2D eigenvalue weighted by Gasteiger charge is -2.22. The molecule has 0 aliphatic heterocycles. The van der Waals surface area contributed by atoms with Crippen LogP contribution in [0.2, 0.25) is 25.7 Å². The summed E-state index contributed by atoms with van der Waals surface area (Å²) in [7, 11) is -1.17. The van der Waals surface area contributed by atoms with E-state index in [9.17, 15) is 4.39 Å². The highest BCUT2D eigenvalue weighted by molar-refractivity contribution is 6.76. The third-order valence-electron chi connectivity index (χ3n) is 3.96. The second-order valence-electron chi connectivity index (χ2n) is 8.13. The molecule has 2 atom stereocenters. The topological polar surface area (TPSA) is 70.8 Å². The van der Waals surface area contributed by atoms with Crippen molar-refractivity contribution >= 4 is 20.4 Å². The number of pyridine rings is 1. The van der Waals surface area contributed by atoms with Crippen LogP contribution in [-0.2, 0) is 9.47 Å². The van der Waals surface area contributed by atoms with Crippen LogP contribution in [0, 0.1) is 5.41 Å². The fraction of sp³-hybridized carbons (Fsp3) is 0.650. The minimum absolute atomic E-state index is 0.159. The Kier molecular flexibility index (Phi) is 10.9. The van der Waals surface area contributed by atoms with E-state index in [1.807, 2.05) is 12.1 Å². The van der Waals surface area contributed by atoms with Crippen molar-refractivity contribution in [1.82, 2.24) is 9.88 Å². The van der Waals surface area contributed by atoms with Crippen LogP contribution in [0.15, 0.2) is 29.5 Å². The summed E-state index contributed by atoms with van der Waals surface area (Å²) >= 11 is 0. The number of aromatic nitrogens is 1. The van der Waals surface area contributed by atoms with Gasteiger partial charge in [-0.05, 0) is 37.1 Å². The smallest absolute Gasteiger partial charge is 0.310 e. The van der Waals surface area contributed by atoms with Gasteiger partial charge in [0.25, 0.3) is 0 Å². The molecule has 0 saturated carbocycles. The van der Waals surface area contributed by atoms with E-state index in [1.54, 1.807) is 17.3 Å². The van der Waals surface area contributed by atoms with Crippen molar-refractivity contribution in [2.45, 2.75) is 64.6 Å². The lowest BCUT2D eigenvalue weighted by Crippen LogP contribution is -2.32. The predicted molar refractivity (Wildman–Crippen MR) is 115 cm³/mol. The molecule has 1 aromatic rings. The van der Waals surface area contributed by atoms with E-state index >= 15 is 0 Å². The lowest BCUT2D eigenvalue weighted by atomic mass is 10.1. The molecule has 6 nitrogen and oxygen atoms in total. The molecule has 0 bridgehead atoms. The maximum absolute atomic E-state index is 13.5. The number of hydrogen-bond acceptors (Lipinski definition) is 4. The van der Waals surface area contributed by atoms with E-state index in [-0.39, 0.29) is 25.4 Å². The minimum atomic E-state index is -1.17. The molecule has 158 valence electrons. The van der Waals surface area contributed by atoms with Gasteiger partial charge in [0, 0.05) is 27.1 Å². The van der Waals surface area contributed by atoms with Crippen LogP contribution in [0.1, 0.15) is 38.4 Å². The summed E-state index contributed by atoms with van der Waals surface area (Å²) in [4.78, 5) is 9.71. The standard InChI is InChI=1S/C20H35FN4O2Si/c1-6-7-19(18-8-10-23-11-9-18)27-20(22)24-15-25(14-17(2)21)16-26-12-13-28(3,4)5/h8-11,15,17,19,22H,6-7,12-14,16H2,1-5H3. The van der Waals surface area contributed by atoms with Crippen molar-refractivity contribution in [3.8, 4) is 0 Å². The van der Waals surface area contributed by atoms with Crippen LogP contribution < -0.4 is 0 Å². The number of halogens is 1. The molecule has 1 rings (SSSR count). The molecular formula is C20H35FN4O2Si. The Morgan fingerprint density at radius 1 is 1.36 bits per heavy atom. The van der Waals surface area contributed by atoms with Gasteiger partial charge in [-0.25, -0.2) is 9.80 Å². The van der Waals surface area contributed by atoms with Crippen LogP contribution >= 0.6 is 0 Å². The van der Waals surface area contributed by atoms with Gasteiger partial charge >= 0.3 is 6.02 Å². The van der Waals surface area contributed by atoms with E-state index in [0.717, 1.165) is 24.4 Å². The number of ether oxygens (including phenoxy) is 2. The molecule has 0 saturated heterocycles. The Morgan fingerprint density at radius 3 is 2.61 bits per heavy atom. The van der Waals surface area contributed by atoms with Crippen molar-refractivity contribution in [3.05, 3.63) is 30.1 Å². The van der Waals surface area contributed by atoms with Crippen LogP contribution in [0.5, 0.6) is 0 Å². The average Bonchev–Trinajstić information content (AvgIpc) is 2.62. The highest BCUT2D eigenvalue weighted by Gasteiger charge is 2.15. The van der Waals surface area contributed by atoms with Gasteiger partial charge in [-0.3, -0.25) is 4.98 Å². The van der Waals surface area contributed by atoms with Gasteiger partial charge in [0.05, 0.1) is 12.9 Å². The number of nitrogens with zero attached hydrogens (tertiary/aromatic N) is 3. The minimum Gasteiger partial charge on any atom is -0.456 e. The summed E-state index contributed by atoms with van der Waals surface area (Å²) in [5.41, 5.74) is 0.959. The first-order valence-electron chi connectivity index (χ1n) is 9.86. The third-order valence-corrected chi connectivity index (χ3v) is 5.66. The second-order valence-corrected chi connectivity index (χ2v) is 13.7. The van der Waals surface area contributed by atoms with Crippen LogP contribution in [0.3, 0.4) is 0 Å². The van der Waals surface area contributed by atoms with Crippen LogP contribution in [0.25, 0.3) is 0 Å². The Balaban J connectivity index is 2.61. The Labute approximate surface area is 169 Å².